The first-order chi connectivity index (χ1) is 14.3. The Kier molecular flexibility index (Phi) is 5.67. The van der Waals surface area contributed by atoms with E-state index in [-0.39, 0.29) is 11.9 Å². The standard InChI is InChI=1S/C23H28BFN4O/c1-15-6-4-8-20(25)23(15)16-10-17-13-27-22(26)12-19(17)21(11-16)29-9-5-7-18(14-29)28(3)24(2)30/h4,6,8,10-13,18,30H,5,7,9,14H2,1-3H3,(H2,26,27)/t18-/m1/s1. The molecule has 0 amide bonds. The van der Waals surface area contributed by atoms with Crippen LogP contribution in [0, 0.1) is 12.7 Å². The van der Waals surface area contributed by atoms with Crippen LogP contribution in [-0.4, -0.2) is 48.0 Å². The van der Waals surface area contributed by atoms with Crippen molar-refractivity contribution in [1.29, 1.82) is 0 Å². The number of nitrogens with two attached hydrogens (primary N) is 1. The summed E-state index contributed by atoms with van der Waals surface area (Å²) < 4.78 is 14.7. The Balaban J connectivity index is 1.85. The fraction of sp³-hybridized carbons (Fsp3) is 0.348. The van der Waals surface area contributed by atoms with E-state index in [1.165, 1.54) is 6.07 Å². The van der Waals surface area contributed by atoms with E-state index in [0.29, 0.717) is 11.4 Å². The molecule has 0 radical (unpaired) electrons. The number of pyridine rings is 1. The van der Waals surface area contributed by atoms with Crippen LogP contribution in [0.5, 0.6) is 0 Å². The van der Waals surface area contributed by atoms with Crippen molar-refractivity contribution in [2.45, 2.75) is 32.6 Å². The molecular formula is C23H28BFN4O. The van der Waals surface area contributed by atoms with Crippen molar-refractivity contribution in [1.82, 2.24) is 9.79 Å². The molecule has 1 saturated heterocycles. The van der Waals surface area contributed by atoms with Crippen LogP contribution in [0.15, 0.2) is 42.6 Å². The Morgan fingerprint density at radius 1 is 1.30 bits per heavy atom. The predicted molar refractivity (Wildman–Crippen MR) is 123 cm³/mol. The van der Waals surface area contributed by atoms with Crippen molar-refractivity contribution in [2.75, 3.05) is 30.8 Å². The molecule has 7 heteroatoms. The Hall–Kier alpha value is -2.64. The van der Waals surface area contributed by atoms with Crippen LogP contribution in [0.3, 0.4) is 0 Å². The van der Waals surface area contributed by atoms with Crippen molar-refractivity contribution in [2.24, 2.45) is 0 Å². The minimum absolute atomic E-state index is 0.228. The molecule has 1 aliphatic rings. The number of aryl methyl sites for hydroxylation is 1. The highest BCUT2D eigenvalue weighted by molar-refractivity contribution is 6.45. The number of halogens is 1. The van der Waals surface area contributed by atoms with Gasteiger partial charge in [-0.1, -0.05) is 12.1 Å². The zero-order valence-electron chi connectivity index (χ0n) is 17.8. The summed E-state index contributed by atoms with van der Waals surface area (Å²) in [6.07, 6.45) is 3.82. The van der Waals surface area contributed by atoms with Gasteiger partial charge in [0.2, 0.25) is 0 Å². The maximum absolute atomic E-state index is 14.7. The normalized spacial score (nSPS) is 17.0. The first-order valence-electron chi connectivity index (χ1n) is 10.4. The molecule has 3 aromatic rings. The van der Waals surface area contributed by atoms with Crippen LogP contribution in [0.2, 0.25) is 6.82 Å². The van der Waals surface area contributed by atoms with Crippen molar-refractivity contribution < 1.29 is 9.41 Å². The summed E-state index contributed by atoms with van der Waals surface area (Å²) in [5, 5.41) is 12.0. The molecule has 1 aromatic heterocycles. The minimum atomic E-state index is -0.501. The molecule has 0 aliphatic carbocycles. The number of fused-ring (bicyclic) bond motifs is 1. The van der Waals surface area contributed by atoms with Gasteiger partial charge in [-0.2, -0.15) is 0 Å². The topological polar surface area (TPSA) is 65.6 Å². The van der Waals surface area contributed by atoms with Crippen molar-refractivity contribution >= 4 is 29.3 Å². The molecular weight excluding hydrogens is 378 g/mol. The van der Waals surface area contributed by atoms with E-state index in [1.807, 2.05) is 37.0 Å². The molecule has 30 heavy (non-hydrogen) atoms. The maximum atomic E-state index is 14.7. The summed E-state index contributed by atoms with van der Waals surface area (Å²) >= 11 is 0. The van der Waals surface area contributed by atoms with Crippen molar-refractivity contribution in [3.63, 3.8) is 0 Å². The molecule has 0 bridgehead atoms. The Labute approximate surface area is 177 Å². The first kappa shape index (κ1) is 20.6. The lowest BCUT2D eigenvalue weighted by atomic mass is 9.82. The highest BCUT2D eigenvalue weighted by atomic mass is 19.1. The van der Waals surface area contributed by atoms with Gasteiger partial charge in [0.1, 0.15) is 11.6 Å². The van der Waals surface area contributed by atoms with Crippen LogP contribution in [0.25, 0.3) is 21.9 Å². The monoisotopic (exact) mass is 406 g/mol. The first-order valence-corrected chi connectivity index (χ1v) is 10.4. The summed E-state index contributed by atoms with van der Waals surface area (Å²) in [5.74, 6) is 0.238. The second-order valence-electron chi connectivity index (χ2n) is 8.30. The zero-order chi connectivity index (χ0) is 21.4. The van der Waals surface area contributed by atoms with Gasteiger partial charge in [-0.05, 0) is 69.0 Å². The van der Waals surface area contributed by atoms with Crippen LogP contribution < -0.4 is 10.6 Å². The van der Waals surface area contributed by atoms with Gasteiger partial charge in [0.25, 0.3) is 0 Å². The van der Waals surface area contributed by atoms with Gasteiger partial charge in [-0.15, -0.1) is 0 Å². The number of benzene rings is 2. The van der Waals surface area contributed by atoms with E-state index in [9.17, 15) is 9.41 Å². The molecule has 1 atom stereocenters. The number of aromatic nitrogens is 1. The Morgan fingerprint density at radius 3 is 2.83 bits per heavy atom. The zero-order valence-corrected chi connectivity index (χ0v) is 17.8. The number of rotatable bonds is 4. The summed E-state index contributed by atoms with van der Waals surface area (Å²) in [7, 11) is 1.46. The lowest BCUT2D eigenvalue weighted by molar-refractivity contribution is 0.291. The number of hydrogen-bond acceptors (Lipinski definition) is 5. The van der Waals surface area contributed by atoms with Crippen LogP contribution in [0.4, 0.5) is 15.9 Å². The van der Waals surface area contributed by atoms with E-state index in [0.717, 1.165) is 53.5 Å². The van der Waals surface area contributed by atoms with Crippen LogP contribution in [-0.2, 0) is 0 Å². The van der Waals surface area contributed by atoms with Crippen LogP contribution in [0.1, 0.15) is 18.4 Å². The molecule has 1 fully saturated rings. The third kappa shape index (κ3) is 3.87. The average Bonchev–Trinajstić information content (AvgIpc) is 2.72. The Morgan fingerprint density at radius 2 is 2.10 bits per heavy atom. The van der Waals surface area contributed by atoms with Gasteiger partial charge < -0.3 is 20.5 Å². The third-order valence-corrected chi connectivity index (χ3v) is 6.25. The molecule has 3 N–H and O–H groups in total. The summed E-state index contributed by atoms with van der Waals surface area (Å²) in [6, 6.07) is 11.4. The lowest BCUT2D eigenvalue weighted by Gasteiger charge is -2.40. The smallest absolute Gasteiger partial charge is 0.376 e. The fourth-order valence-electron chi connectivity index (χ4n) is 4.47. The minimum Gasteiger partial charge on any atom is -0.437 e. The van der Waals surface area contributed by atoms with E-state index in [1.54, 1.807) is 19.1 Å². The van der Waals surface area contributed by atoms with Crippen molar-refractivity contribution in [3.05, 3.63) is 54.0 Å². The highest BCUT2D eigenvalue weighted by Crippen LogP contribution is 2.37. The predicted octanol–water partition coefficient (Wildman–Crippen LogP) is 3.94. The second kappa shape index (κ2) is 8.24. The van der Waals surface area contributed by atoms with Gasteiger partial charge in [-0.3, -0.25) is 0 Å². The SMILES string of the molecule is CB(O)N(C)[C@@H]1CCCN(c2cc(-c3c(C)cccc3F)cc3cnc(N)cc23)C1. The molecule has 156 valence electrons. The molecule has 0 unspecified atom stereocenters. The van der Waals surface area contributed by atoms with E-state index >= 15 is 0 Å². The van der Waals surface area contributed by atoms with Gasteiger partial charge in [0.15, 0.2) is 0 Å². The number of nitrogen functional groups attached to an aromatic ring is 1. The maximum Gasteiger partial charge on any atom is 0.376 e. The molecule has 4 rings (SSSR count). The number of nitrogens with zero attached hydrogens (tertiary/aromatic N) is 3. The van der Waals surface area contributed by atoms with E-state index in [4.69, 9.17) is 5.73 Å². The second-order valence-corrected chi connectivity index (χ2v) is 8.30. The number of piperidine rings is 1. The average molecular weight is 406 g/mol. The Bertz CT molecular complexity index is 1050. The van der Waals surface area contributed by atoms with Crippen molar-refractivity contribution in [3.8, 4) is 11.1 Å². The van der Waals surface area contributed by atoms with Gasteiger partial charge in [0.05, 0.1) is 0 Å². The molecule has 2 heterocycles. The fourth-order valence-corrected chi connectivity index (χ4v) is 4.47. The lowest BCUT2D eigenvalue weighted by Crippen LogP contribution is -2.51. The summed E-state index contributed by atoms with van der Waals surface area (Å²) in [6.45, 7) is 5.42. The summed E-state index contributed by atoms with van der Waals surface area (Å²) in [4.78, 5) is 8.60. The van der Waals surface area contributed by atoms with Gasteiger partial charge >= 0.3 is 7.05 Å². The van der Waals surface area contributed by atoms with E-state index in [2.05, 4.69) is 16.0 Å². The third-order valence-electron chi connectivity index (χ3n) is 6.25. The highest BCUT2D eigenvalue weighted by Gasteiger charge is 2.28. The van der Waals surface area contributed by atoms with Gasteiger partial charge in [0, 0.05) is 47.4 Å². The van der Waals surface area contributed by atoms with E-state index < -0.39 is 7.05 Å². The molecule has 2 aromatic carbocycles. The molecule has 0 spiro atoms. The number of hydrogen-bond donors (Lipinski definition) is 2. The quantitative estimate of drug-likeness (QED) is 0.643. The molecule has 0 saturated carbocycles. The number of anilines is 2. The number of likely N-dealkylation sites (N-methyl/N-ethyl adjacent to an activating group) is 1. The molecule has 1 aliphatic heterocycles. The molecule has 5 nitrogen and oxygen atoms in total. The largest absolute Gasteiger partial charge is 0.437 e. The van der Waals surface area contributed by atoms with Crippen LogP contribution >= 0.6 is 0 Å². The van der Waals surface area contributed by atoms with Gasteiger partial charge in [-0.25, -0.2) is 9.37 Å². The summed E-state index contributed by atoms with van der Waals surface area (Å²) in [5.41, 5.74) is 9.39.